The fourth-order valence-corrected chi connectivity index (χ4v) is 1.31. The van der Waals surface area contributed by atoms with Crippen LogP contribution in [0.2, 0.25) is 0 Å². The third-order valence-corrected chi connectivity index (χ3v) is 2.21. The Morgan fingerprint density at radius 3 is 2.58 bits per heavy atom. The van der Waals surface area contributed by atoms with Crippen LogP contribution in [0.4, 0.5) is 0 Å². The van der Waals surface area contributed by atoms with Gasteiger partial charge >= 0.3 is 0 Å². The molecule has 0 saturated carbocycles. The van der Waals surface area contributed by atoms with Gasteiger partial charge in [0.05, 0.1) is 0 Å². The molecular weight excluding hydrogens is 148 g/mol. The van der Waals surface area contributed by atoms with Gasteiger partial charge in [-0.05, 0) is 46.3 Å². The van der Waals surface area contributed by atoms with Crippen molar-refractivity contribution < 1.29 is 0 Å². The zero-order chi connectivity index (χ0) is 9.23. The number of unbranched alkanes of at least 4 members (excludes halogenated alkanes) is 2. The van der Waals surface area contributed by atoms with E-state index < -0.39 is 0 Å². The van der Waals surface area contributed by atoms with Crippen molar-refractivity contribution >= 4 is 0 Å². The number of hydrogen-bond acceptors (Lipinski definition) is 2. The summed E-state index contributed by atoms with van der Waals surface area (Å²) in [5.74, 6) is 0. The highest BCUT2D eigenvalue weighted by molar-refractivity contribution is 4.69. The molecule has 0 aliphatic rings. The smallest absolute Gasteiger partial charge is 0.00614 e. The topological polar surface area (TPSA) is 24.1 Å². The third kappa shape index (κ3) is 6.62. The molecule has 0 aromatic heterocycles. The number of rotatable bonds is 8. The van der Waals surface area contributed by atoms with Crippen LogP contribution in [0.5, 0.6) is 0 Å². The molecule has 0 aliphatic carbocycles. The van der Waals surface area contributed by atoms with Gasteiger partial charge in [-0.25, -0.2) is 0 Å². The maximum Gasteiger partial charge on any atom is 0.00614 e. The molecule has 1 unspecified atom stereocenters. The average Bonchev–Trinajstić information content (AvgIpc) is 2.11. The first kappa shape index (κ1) is 11.9. The molecule has 12 heavy (non-hydrogen) atoms. The summed E-state index contributed by atoms with van der Waals surface area (Å²) in [6.07, 6.45) is 7.39. The van der Waals surface area contributed by atoms with Crippen molar-refractivity contribution in [3.8, 4) is 0 Å². The lowest BCUT2D eigenvalue weighted by Crippen LogP contribution is -2.23. The Morgan fingerprint density at radius 1 is 1.33 bits per heavy atom. The first-order valence-corrected chi connectivity index (χ1v) is 4.98. The highest BCUT2D eigenvalue weighted by atomic mass is 14.9. The minimum atomic E-state index is 0.716. The Hall–Kier alpha value is -0.0800. The standard InChI is InChI=1S/C10H23N2/c1-4-10(12-3)8-6-5-7-9-11-2/h7,10-12H,4-6,8-9H2,1-3H3. The Morgan fingerprint density at radius 2 is 2.08 bits per heavy atom. The second-order valence-electron chi connectivity index (χ2n) is 3.17. The highest BCUT2D eigenvalue weighted by Crippen LogP contribution is 2.04. The van der Waals surface area contributed by atoms with Gasteiger partial charge in [-0.15, -0.1) is 0 Å². The summed E-state index contributed by atoms with van der Waals surface area (Å²) in [7, 11) is 4.03. The van der Waals surface area contributed by atoms with Gasteiger partial charge in [-0.3, -0.25) is 0 Å². The SMILES string of the molecule is CCC(CCC[CH]CNC)NC. The zero-order valence-electron chi connectivity index (χ0n) is 8.69. The summed E-state index contributed by atoms with van der Waals surface area (Å²) in [5, 5.41) is 6.43. The van der Waals surface area contributed by atoms with E-state index >= 15 is 0 Å². The van der Waals surface area contributed by atoms with Crippen LogP contribution in [0, 0.1) is 6.42 Å². The van der Waals surface area contributed by atoms with Crippen molar-refractivity contribution in [1.29, 1.82) is 0 Å². The summed E-state index contributed by atoms with van der Waals surface area (Å²) in [6, 6.07) is 0.716. The van der Waals surface area contributed by atoms with E-state index in [4.69, 9.17) is 0 Å². The zero-order valence-corrected chi connectivity index (χ0v) is 8.69. The molecule has 1 atom stereocenters. The van der Waals surface area contributed by atoms with E-state index in [2.05, 4.69) is 24.0 Å². The van der Waals surface area contributed by atoms with Crippen LogP contribution in [-0.4, -0.2) is 26.7 Å². The van der Waals surface area contributed by atoms with Gasteiger partial charge in [0.2, 0.25) is 0 Å². The molecule has 0 aromatic rings. The van der Waals surface area contributed by atoms with Crippen molar-refractivity contribution in [2.75, 3.05) is 20.6 Å². The van der Waals surface area contributed by atoms with Gasteiger partial charge in [0.25, 0.3) is 0 Å². The Bertz CT molecular complexity index is 79.9. The van der Waals surface area contributed by atoms with Crippen LogP contribution < -0.4 is 10.6 Å². The van der Waals surface area contributed by atoms with Crippen molar-refractivity contribution in [2.24, 2.45) is 0 Å². The van der Waals surface area contributed by atoms with Crippen LogP contribution >= 0.6 is 0 Å². The molecule has 0 fully saturated rings. The number of nitrogens with one attached hydrogen (secondary N) is 2. The summed E-state index contributed by atoms with van der Waals surface area (Å²) in [5.41, 5.74) is 0. The molecule has 0 spiro atoms. The second kappa shape index (κ2) is 9.01. The number of hydrogen-bond donors (Lipinski definition) is 2. The van der Waals surface area contributed by atoms with E-state index in [0.717, 1.165) is 6.54 Å². The lowest BCUT2D eigenvalue weighted by molar-refractivity contribution is 0.489. The molecule has 0 bridgehead atoms. The molecule has 0 amide bonds. The van der Waals surface area contributed by atoms with Crippen LogP contribution in [0.3, 0.4) is 0 Å². The predicted molar refractivity (Wildman–Crippen MR) is 55.2 cm³/mol. The first-order valence-electron chi connectivity index (χ1n) is 4.98. The van der Waals surface area contributed by atoms with E-state index in [1.54, 1.807) is 0 Å². The largest absolute Gasteiger partial charge is 0.319 e. The molecule has 0 heterocycles. The Kier molecular flexibility index (Phi) is 8.95. The van der Waals surface area contributed by atoms with Crippen molar-refractivity contribution in [3.63, 3.8) is 0 Å². The normalized spacial score (nSPS) is 13.2. The van der Waals surface area contributed by atoms with Gasteiger partial charge in [-0.1, -0.05) is 13.3 Å². The molecule has 2 nitrogen and oxygen atoms in total. The van der Waals surface area contributed by atoms with Crippen LogP contribution in [0.15, 0.2) is 0 Å². The lowest BCUT2D eigenvalue weighted by atomic mass is 10.1. The van der Waals surface area contributed by atoms with Gasteiger partial charge in [0.15, 0.2) is 0 Å². The van der Waals surface area contributed by atoms with Crippen molar-refractivity contribution in [2.45, 2.75) is 38.6 Å². The van der Waals surface area contributed by atoms with Crippen molar-refractivity contribution in [3.05, 3.63) is 6.42 Å². The highest BCUT2D eigenvalue weighted by Gasteiger charge is 2.00. The summed E-state index contributed by atoms with van der Waals surface area (Å²) in [4.78, 5) is 0. The summed E-state index contributed by atoms with van der Waals surface area (Å²) >= 11 is 0. The third-order valence-electron chi connectivity index (χ3n) is 2.21. The van der Waals surface area contributed by atoms with Gasteiger partial charge in [0, 0.05) is 6.04 Å². The fraction of sp³-hybridized carbons (Fsp3) is 0.900. The summed E-state index contributed by atoms with van der Waals surface area (Å²) < 4.78 is 0. The lowest BCUT2D eigenvalue weighted by Gasteiger charge is -2.12. The van der Waals surface area contributed by atoms with Crippen LogP contribution in [0.1, 0.15) is 32.6 Å². The predicted octanol–water partition coefficient (Wildman–Crippen LogP) is 1.58. The van der Waals surface area contributed by atoms with E-state index in [-0.39, 0.29) is 0 Å². The Labute approximate surface area is 77.1 Å². The maximum atomic E-state index is 3.31. The molecule has 73 valence electrons. The summed E-state index contributed by atoms with van der Waals surface area (Å²) in [6.45, 7) is 3.27. The molecule has 2 N–H and O–H groups in total. The minimum absolute atomic E-state index is 0.716. The monoisotopic (exact) mass is 171 g/mol. The molecule has 1 radical (unpaired) electrons. The van der Waals surface area contributed by atoms with Gasteiger partial charge in [0.1, 0.15) is 0 Å². The molecular formula is C10H23N2. The van der Waals surface area contributed by atoms with Gasteiger partial charge in [-0.2, -0.15) is 0 Å². The van der Waals surface area contributed by atoms with E-state index in [9.17, 15) is 0 Å². The maximum absolute atomic E-state index is 3.31. The van der Waals surface area contributed by atoms with E-state index in [1.165, 1.54) is 25.7 Å². The quantitative estimate of drug-likeness (QED) is 0.542. The molecule has 0 aliphatic heterocycles. The van der Waals surface area contributed by atoms with Crippen molar-refractivity contribution in [1.82, 2.24) is 10.6 Å². The van der Waals surface area contributed by atoms with E-state index in [0.29, 0.717) is 6.04 Å². The fourth-order valence-electron chi connectivity index (χ4n) is 1.31. The van der Waals surface area contributed by atoms with E-state index in [1.807, 2.05) is 14.1 Å². The Balaban J connectivity index is 3.06. The first-order chi connectivity index (χ1) is 5.85. The van der Waals surface area contributed by atoms with Gasteiger partial charge < -0.3 is 10.6 Å². The minimum Gasteiger partial charge on any atom is -0.319 e. The second-order valence-corrected chi connectivity index (χ2v) is 3.17. The molecule has 0 rings (SSSR count). The average molecular weight is 171 g/mol. The molecule has 0 saturated heterocycles. The molecule has 2 heteroatoms. The van der Waals surface area contributed by atoms with Crippen LogP contribution in [-0.2, 0) is 0 Å². The molecule has 0 aromatic carbocycles. The van der Waals surface area contributed by atoms with Crippen LogP contribution in [0.25, 0.3) is 0 Å².